The summed E-state index contributed by atoms with van der Waals surface area (Å²) in [6.07, 6.45) is 12.9. The lowest BCUT2D eigenvalue weighted by Gasteiger charge is -2.45. The van der Waals surface area contributed by atoms with Crippen LogP contribution in [0.2, 0.25) is 0 Å². The van der Waals surface area contributed by atoms with Gasteiger partial charge in [-0.05, 0) is 108 Å². The third-order valence-electron chi connectivity index (χ3n) is 9.26. The minimum absolute atomic E-state index is 0.0499. The lowest BCUT2D eigenvalue weighted by molar-refractivity contribution is -0.147. The third kappa shape index (κ3) is 6.63. The van der Waals surface area contributed by atoms with Gasteiger partial charge in [-0.25, -0.2) is 9.78 Å². The van der Waals surface area contributed by atoms with Crippen LogP contribution >= 0.6 is 0 Å². The second-order valence-electron chi connectivity index (χ2n) is 11.8. The molecule has 0 radical (unpaired) electrons. The SMILES string of the molecule is O=C(O)[C@@H](CCO[C@@H]1CCCN(CCCc2ccc3c(n2)NCCC3)C1)NC(=O)C12CCC(CC1)CC2. The van der Waals surface area contributed by atoms with Crippen LogP contribution in [0.5, 0.6) is 0 Å². The van der Waals surface area contributed by atoms with Gasteiger partial charge in [-0.3, -0.25) is 4.79 Å². The highest BCUT2D eigenvalue weighted by Gasteiger charge is 2.46. The van der Waals surface area contributed by atoms with Gasteiger partial charge in [0.1, 0.15) is 11.9 Å². The number of likely N-dealkylation sites (tertiary alicyclic amines) is 1. The van der Waals surface area contributed by atoms with Gasteiger partial charge >= 0.3 is 5.97 Å². The summed E-state index contributed by atoms with van der Waals surface area (Å²) in [6, 6.07) is 3.52. The highest BCUT2D eigenvalue weighted by atomic mass is 16.5. The van der Waals surface area contributed by atoms with E-state index in [-0.39, 0.29) is 17.4 Å². The maximum absolute atomic E-state index is 13.0. The van der Waals surface area contributed by atoms with E-state index in [1.807, 2.05) is 0 Å². The molecule has 1 amide bonds. The van der Waals surface area contributed by atoms with E-state index in [9.17, 15) is 14.7 Å². The Labute approximate surface area is 220 Å². The number of pyridine rings is 1. The molecule has 2 bridgehead atoms. The maximum Gasteiger partial charge on any atom is 0.326 e. The average Bonchev–Trinajstić information content (AvgIpc) is 2.93. The first kappa shape index (κ1) is 26.4. The van der Waals surface area contributed by atoms with E-state index in [0.29, 0.717) is 13.0 Å². The second kappa shape index (κ2) is 12.1. The summed E-state index contributed by atoms with van der Waals surface area (Å²) >= 11 is 0. The standard InChI is InChI=1S/C29H44N4O4/c34-27(35)25(32-28(36)29-13-9-21(10-14-29)11-15-29)12-19-37-24-6-3-18-33(20-24)17-2-5-23-8-7-22-4-1-16-30-26(22)31-23/h7-8,21,24-25H,1-6,9-20H2,(H,30,31)(H,32,36)(H,34,35)/t21?,24-,25-,29?/m1/s1. The number of hydrogen-bond donors (Lipinski definition) is 3. The van der Waals surface area contributed by atoms with Gasteiger partial charge in [0.25, 0.3) is 0 Å². The van der Waals surface area contributed by atoms with Crippen LogP contribution in [0.1, 0.15) is 81.9 Å². The first-order valence-corrected chi connectivity index (χ1v) is 14.6. The van der Waals surface area contributed by atoms with Crippen molar-refractivity contribution in [3.8, 4) is 0 Å². The minimum Gasteiger partial charge on any atom is -0.480 e. The van der Waals surface area contributed by atoms with E-state index in [1.165, 1.54) is 12.0 Å². The molecule has 1 aromatic rings. The molecule has 8 nitrogen and oxygen atoms in total. The monoisotopic (exact) mass is 512 g/mol. The largest absolute Gasteiger partial charge is 0.480 e. The van der Waals surface area contributed by atoms with Gasteiger partial charge in [-0.2, -0.15) is 0 Å². The van der Waals surface area contributed by atoms with Gasteiger partial charge in [0.05, 0.1) is 6.10 Å². The summed E-state index contributed by atoms with van der Waals surface area (Å²) in [6.45, 7) is 4.35. The molecule has 5 aliphatic rings. The van der Waals surface area contributed by atoms with Crippen molar-refractivity contribution in [2.24, 2.45) is 11.3 Å². The molecule has 3 heterocycles. The van der Waals surface area contributed by atoms with Crippen LogP contribution in [0.25, 0.3) is 0 Å². The fourth-order valence-electron chi connectivity index (χ4n) is 6.86. The first-order chi connectivity index (χ1) is 18.0. The van der Waals surface area contributed by atoms with Crippen molar-refractivity contribution >= 4 is 17.7 Å². The number of hydrogen-bond acceptors (Lipinski definition) is 6. The number of aryl methyl sites for hydroxylation is 2. The molecule has 0 aromatic carbocycles. The predicted octanol–water partition coefficient (Wildman–Crippen LogP) is 3.78. The quantitative estimate of drug-likeness (QED) is 0.415. The molecule has 37 heavy (non-hydrogen) atoms. The zero-order chi connectivity index (χ0) is 25.7. The number of rotatable bonds is 11. The van der Waals surface area contributed by atoms with Crippen molar-refractivity contribution in [3.05, 3.63) is 23.4 Å². The number of piperidine rings is 1. The highest BCUT2D eigenvalue weighted by Crippen LogP contribution is 2.50. The second-order valence-corrected chi connectivity index (χ2v) is 11.8. The third-order valence-corrected chi connectivity index (χ3v) is 9.26. The number of carboxylic acids is 1. The topological polar surface area (TPSA) is 104 Å². The number of carboxylic acid groups (broad SMARTS) is 1. The molecule has 2 atom stereocenters. The summed E-state index contributed by atoms with van der Waals surface area (Å²) in [5.74, 6) is 0.822. The van der Waals surface area contributed by atoms with E-state index in [2.05, 4.69) is 27.7 Å². The van der Waals surface area contributed by atoms with Crippen molar-refractivity contribution < 1.29 is 19.4 Å². The predicted molar refractivity (Wildman–Crippen MR) is 143 cm³/mol. The van der Waals surface area contributed by atoms with Crippen LogP contribution < -0.4 is 10.6 Å². The van der Waals surface area contributed by atoms with Crippen LogP contribution in [0.3, 0.4) is 0 Å². The maximum atomic E-state index is 13.0. The Bertz CT molecular complexity index is 932. The molecular weight excluding hydrogens is 468 g/mol. The number of aliphatic carboxylic acids is 1. The summed E-state index contributed by atoms with van der Waals surface area (Å²) < 4.78 is 6.13. The Morgan fingerprint density at radius 2 is 2.00 bits per heavy atom. The molecule has 0 unspecified atom stereocenters. The number of fused-ring (bicyclic) bond motifs is 4. The van der Waals surface area contributed by atoms with Gasteiger partial charge in [-0.1, -0.05) is 6.07 Å². The van der Waals surface area contributed by atoms with Gasteiger partial charge in [0, 0.05) is 37.2 Å². The fourth-order valence-corrected chi connectivity index (χ4v) is 6.86. The molecule has 4 fully saturated rings. The molecule has 3 saturated carbocycles. The molecule has 3 aliphatic carbocycles. The number of aromatic nitrogens is 1. The lowest BCUT2D eigenvalue weighted by Crippen LogP contribution is -2.52. The zero-order valence-electron chi connectivity index (χ0n) is 22.2. The lowest BCUT2D eigenvalue weighted by atomic mass is 9.60. The Kier molecular flexibility index (Phi) is 8.65. The normalized spacial score (nSPS) is 28.2. The van der Waals surface area contributed by atoms with Crippen LogP contribution in [0, 0.1) is 11.3 Å². The van der Waals surface area contributed by atoms with Crippen molar-refractivity contribution in [1.82, 2.24) is 15.2 Å². The van der Waals surface area contributed by atoms with E-state index in [4.69, 9.17) is 9.72 Å². The summed E-state index contributed by atoms with van der Waals surface area (Å²) in [4.78, 5) is 32.2. The zero-order valence-corrected chi connectivity index (χ0v) is 22.2. The van der Waals surface area contributed by atoms with Gasteiger partial charge in [-0.15, -0.1) is 0 Å². The van der Waals surface area contributed by atoms with E-state index >= 15 is 0 Å². The number of nitrogens with one attached hydrogen (secondary N) is 2. The average molecular weight is 513 g/mol. The number of carbonyl (C=O) groups is 2. The Morgan fingerprint density at radius 1 is 1.19 bits per heavy atom. The van der Waals surface area contributed by atoms with Gasteiger partial charge < -0.3 is 25.4 Å². The van der Waals surface area contributed by atoms with Crippen LogP contribution in [-0.2, 0) is 27.2 Å². The number of ether oxygens (including phenoxy) is 1. The Morgan fingerprint density at radius 3 is 2.78 bits per heavy atom. The van der Waals surface area contributed by atoms with Crippen molar-refractivity contribution in [1.29, 1.82) is 0 Å². The molecule has 204 valence electrons. The summed E-state index contributed by atoms with van der Waals surface area (Å²) in [7, 11) is 0. The van der Waals surface area contributed by atoms with E-state index in [1.54, 1.807) is 0 Å². The smallest absolute Gasteiger partial charge is 0.326 e. The van der Waals surface area contributed by atoms with E-state index < -0.39 is 12.0 Å². The molecule has 6 rings (SSSR count). The molecule has 8 heteroatoms. The molecular formula is C29H44N4O4. The number of nitrogens with zero attached hydrogens (tertiary/aromatic N) is 2. The molecule has 1 aromatic heterocycles. The van der Waals surface area contributed by atoms with Gasteiger partial charge in [0.15, 0.2) is 0 Å². The molecule has 3 N–H and O–H groups in total. The van der Waals surface area contributed by atoms with E-state index in [0.717, 1.165) is 114 Å². The highest BCUT2D eigenvalue weighted by molar-refractivity contribution is 5.87. The molecule has 0 spiro atoms. The van der Waals surface area contributed by atoms with Crippen LogP contribution in [0.15, 0.2) is 12.1 Å². The molecule has 2 aliphatic heterocycles. The van der Waals surface area contributed by atoms with Crippen molar-refractivity contribution in [2.45, 2.75) is 95.6 Å². The Hall–Kier alpha value is -2.19. The fraction of sp³-hybridized carbons (Fsp3) is 0.759. The number of amides is 1. The molecule has 1 saturated heterocycles. The minimum atomic E-state index is -0.964. The van der Waals surface area contributed by atoms with Crippen molar-refractivity contribution in [3.63, 3.8) is 0 Å². The van der Waals surface area contributed by atoms with Crippen LogP contribution in [-0.4, -0.2) is 71.8 Å². The summed E-state index contributed by atoms with van der Waals surface area (Å²) in [5, 5.41) is 16.0. The number of anilines is 1. The van der Waals surface area contributed by atoms with Gasteiger partial charge in [0.2, 0.25) is 5.91 Å². The number of carbonyl (C=O) groups excluding carboxylic acids is 1. The Balaban J connectivity index is 1.02. The summed E-state index contributed by atoms with van der Waals surface area (Å²) in [5.41, 5.74) is 2.15. The first-order valence-electron chi connectivity index (χ1n) is 14.6. The van der Waals surface area contributed by atoms with Crippen molar-refractivity contribution in [2.75, 3.05) is 38.1 Å². The van der Waals surface area contributed by atoms with Crippen LogP contribution in [0.4, 0.5) is 5.82 Å².